The van der Waals surface area contributed by atoms with Gasteiger partial charge in [0.05, 0.1) is 18.8 Å². The van der Waals surface area contributed by atoms with Gasteiger partial charge in [0.2, 0.25) is 5.91 Å². The summed E-state index contributed by atoms with van der Waals surface area (Å²) in [6.45, 7) is 11.7. The molecule has 2 fully saturated rings. The minimum atomic E-state index is 0.138. The van der Waals surface area contributed by atoms with Crippen LogP contribution in [0.4, 0.5) is 0 Å². The van der Waals surface area contributed by atoms with Crippen LogP contribution in [0.1, 0.15) is 46.0 Å². The summed E-state index contributed by atoms with van der Waals surface area (Å²) in [6, 6.07) is 0. The molecule has 0 radical (unpaired) electrons. The first-order valence-electron chi connectivity index (χ1n) is 8.85. The Morgan fingerprint density at radius 3 is 2.45 bits per heavy atom. The number of amides is 1. The largest absolute Gasteiger partial charge is 0.372 e. The zero-order chi connectivity index (χ0) is 15.9. The van der Waals surface area contributed by atoms with Crippen LogP contribution in [0.3, 0.4) is 0 Å². The fourth-order valence-electron chi connectivity index (χ4n) is 3.79. The third-order valence-electron chi connectivity index (χ3n) is 4.76. The van der Waals surface area contributed by atoms with E-state index in [9.17, 15) is 4.79 Å². The van der Waals surface area contributed by atoms with Crippen molar-refractivity contribution in [2.75, 3.05) is 32.7 Å². The van der Waals surface area contributed by atoms with Crippen LogP contribution in [-0.2, 0) is 9.53 Å². The number of rotatable bonds is 6. The fraction of sp³-hybridized carbons (Fsp3) is 0.833. The predicted molar refractivity (Wildman–Crippen MR) is 89.8 cm³/mol. The zero-order valence-corrected chi connectivity index (χ0v) is 14.3. The Morgan fingerprint density at radius 2 is 1.86 bits per heavy atom. The fourth-order valence-corrected chi connectivity index (χ4v) is 3.79. The zero-order valence-electron chi connectivity index (χ0n) is 14.3. The second-order valence-corrected chi connectivity index (χ2v) is 7.04. The topological polar surface area (TPSA) is 32.8 Å². The summed E-state index contributed by atoms with van der Waals surface area (Å²) in [4.78, 5) is 16.9. The summed E-state index contributed by atoms with van der Waals surface area (Å²) in [7, 11) is 0. The first kappa shape index (κ1) is 17.5. The van der Waals surface area contributed by atoms with Gasteiger partial charge in [-0.2, -0.15) is 0 Å². The molecule has 0 bridgehead atoms. The number of ether oxygens (including phenoxy) is 1. The summed E-state index contributed by atoms with van der Waals surface area (Å²) in [5.74, 6) is 0.990. The lowest BCUT2D eigenvalue weighted by Crippen LogP contribution is -2.51. The maximum Gasteiger partial charge on any atom is 0.236 e. The molecule has 2 unspecified atom stereocenters. The van der Waals surface area contributed by atoms with Crippen molar-refractivity contribution in [3.8, 4) is 0 Å². The maximum absolute atomic E-state index is 12.6. The molecular weight excluding hydrogens is 276 g/mol. The first-order chi connectivity index (χ1) is 10.6. The summed E-state index contributed by atoms with van der Waals surface area (Å²) in [6.07, 6.45) is 8.89. The molecule has 0 spiro atoms. The van der Waals surface area contributed by atoms with Crippen LogP contribution in [-0.4, -0.2) is 60.6 Å². The van der Waals surface area contributed by atoms with E-state index in [1.54, 1.807) is 0 Å². The van der Waals surface area contributed by atoms with Gasteiger partial charge in [-0.25, -0.2) is 0 Å². The number of nitrogens with zero attached hydrogens (tertiary/aromatic N) is 2. The average molecular weight is 308 g/mol. The van der Waals surface area contributed by atoms with Crippen molar-refractivity contribution in [3.63, 3.8) is 0 Å². The molecule has 126 valence electrons. The quantitative estimate of drug-likeness (QED) is 0.707. The highest BCUT2D eigenvalue weighted by atomic mass is 16.5. The van der Waals surface area contributed by atoms with Gasteiger partial charge in [0.25, 0.3) is 0 Å². The van der Waals surface area contributed by atoms with Crippen molar-refractivity contribution in [1.82, 2.24) is 9.80 Å². The van der Waals surface area contributed by atoms with Gasteiger partial charge in [0, 0.05) is 26.2 Å². The SMILES string of the molecule is C=CCN(CC(=O)N1CC(C)OC(C)C1)CC1CCCCC1. The summed E-state index contributed by atoms with van der Waals surface area (Å²) in [5, 5.41) is 0. The third-order valence-corrected chi connectivity index (χ3v) is 4.76. The van der Waals surface area contributed by atoms with Crippen LogP contribution < -0.4 is 0 Å². The molecule has 0 aromatic carbocycles. The molecule has 1 aliphatic heterocycles. The van der Waals surface area contributed by atoms with Crippen LogP contribution in [0, 0.1) is 5.92 Å². The van der Waals surface area contributed by atoms with Gasteiger partial charge in [-0.3, -0.25) is 9.69 Å². The molecule has 0 aromatic rings. The maximum atomic E-state index is 12.6. The van der Waals surface area contributed by atoms with Gasteiger partial charge < -0.3 is 9.64 Å². The van der Waals surface area contributed by atoms with E-state index in [4.69, 9.17) is 4.74 Å². The van der Waals surface area contributed by atoms with Crippen molar-refractivity contribution in [2.45, 2.75) is 58.2 Å². The van der Waals surface area contributed by atoms with Crippen molar-refractivity contribution < 1.29 is 9.53 Å². The highest BCUT2D eigenvalue weighted by molar-refractivity contribution is 5.78. The van der Waals surface area contributed by atoms with Crippen molar-refractivity contribution in [3.05, 3.63) is 12.7 Å². The van der Waals surface area contributed by atoms with E-state index in [0.29, 0.717) is 19.6 Å². The average Bonchev–Trinajstić information content (AvgIpc) is 2.47. The van der Waals surface area contributed by atoms with Gasteiger partial charge in [-0.05, 0) is 32.6 Å². The second kappa shape index (κ2) is 8.68. The molecule has 22 heavy (non-hydrogen) atoms. The Balaban J connectivity index is 1.85. The van der Waals surface area contributed by atoms with E-state index in [-0.39, 0.29) is 18.1 Å². The Bertz CT molecular complexity index is 356. The molecule has 1 aliphatic carbocycles. The lowest BCUT2D eigenvalue weighted by atomic mass is 9.89. The van der Waals surface area contributed by atoms with Gasteiger partial charge >= 0.3 is 0 Å². The summed E-state index contributed by atoms with van der Waals surface area (Å²) >= 11 is 0. The highest BCUT2D eigenvalue weighted by Crippen LogP contribution is 2.24. The lowest BCUT2D eigenvalue weighted by molar-refractivity contribution is -0.144. The summed E-state index contributed by atoms with van der Waals surface area (Å²) in [5.41, 5.74) is 0. The van der Waals surface area contributed by atoms with Gasteiger partial charge in [0.15, 0.2) is 0 Å². The molecular formula is C18H32N2O2. The Kier molecular flexibility index (Phi) is 6.90. The van der Waals surface area contributed by atoms with Crippen LogP contribution in [0.5, 0.6) is 0 Å². The molecule has 2 aliphatic rings. The normalized spacial score (nSPS) is 27.1. The van der Waals surface area contributed by atoms with Crippen molar-refractivity contribution in [2.24, 2.45) is 5.92 Å². The highest BCUT2D eigenvalue weighted by Gasteiger charge is 2.27. The van der Waals surface area contributed by atoms with Gasteiger partial charge in [0.1, 0.15) is 0 Å². The second-order valence-electron chi connectivity index (χ2n) is 7.04. The Labute approximate surface area is 135 Å². The number of morpholine rings is 1. The van der Waals surface area contributed by atoms with E-state index in [1.807, 2.05) is 24.8 Å². The third kappa shape index (κ3) is 5.40. The molecule has 1 amide bonds. The molecule has 0 aromatic heterocycles. The molecule has 4 nitrogen and oxygen atoms in total. The van der Waals surface area contributed by atoms with Gasteiger partial charge in [-0.1, -0.05) is 25.3 Å². The monoisotopic (exact) mass is 308 g/mol. The molecule has 0 N–H and O–H groups in total. The number of hydrogen-bond acceptors (Lipinski definition) is 3. The minimum absolute atomic E-state index is 0.138. The smallest absolute Gasteiger partial charge is 0.236 e. The number of hydrogen-bond donors (Lipinski definition) is 0. The van der Waals surface area contributed by atoms with Crippen LogP contribution >= 0.6 is 0 Å². The standard InChI is InChI=1S/C18H32N2O2/c1-4-10-19(13-17-8-6-5-7-9-17)14-18(21)20-11-15(2)22-16(3)12-20/h4,15-17H,1,5-14H2,2-3H3. The van der Waals surface area contributed by atoms with Crippen LogP contribution in [0.15, 0.2) is 12.7 Å². The van der Waals surface area contributed by atoms with Crippen molar-refractivity contribution in [1.29, 1.82) is 0 Å². The van der Waals surface area contributed by atoms with E-state index >= 15 is 0 Å². The summed E-state index contributed by atoms with van der Waals surface area (Å²) < 4.78 is 5.72. The molecule has 2 atom stereocenters. The Hall–Kier alpha value is -0.870. The lowest BCUT2D eigenvalue weighted by Gasteiger charge is -2.37. The van der Waals surface area contributed by atoms with Crippen molar-refractivity contribution >= 4 is 5.91 Å². The molecule has 4 heteroatoms. The van der Waals surface area contributed by atoms with Gasteiger partial charge in [-0.15, -0.1) is 6.58 Å². The minimum Gasteiger partial charge on any atom is -0.372 e. The Morgan fingerprint density at radius 1 is 1.23 bits per heavy atom. The molecule has 1 saturated heterocycles. The first-order valence-corrected chi connectivity index (χ1v) is 8.85. The van der Waals surface area contributed by atoms with Crippen LogP contribution in [0.25, 0.3) is 0 Å². The molecule has 1 saturated carbocycles. The predicted octanol–water partition coefficient (Wildman–Crippen LogP) is 2.69. The van der Waals surface area contributed by atoms with E-state index < -0.39 is 0 Å². The van der Waals surface area contributed by atoms with E-state index in [2.05, 4.69) is 11.5 Å². The van der Waals surface area contributed by atoms with Crippen LogP contribution in [0.2, 0.25) is 0 Å². The molecule has 2 rings (SSSR count). The number of carbonyl (C=O) groups is 1. The number of carbonyl (C=O) groups excluding carboxylic acids is 1. The van der Waals surface area contributed by atoms with E-state index in [0.717, 1.165) is 19.0 Å². The molecule has 1 heterocycles. The van der Waals surface area contributed by atoms with E-state index in [1.165, 1.54) is 32.1 Å².